The summed E-state index contributed by atoms with van der Waals surface area (Å²) < 4.78 is 23.9. The zero-order valence-corrected chi connectivity index (χ0v) is 21.0. The molecule has 0 saturated heterocycles. The van der Waals surface area contributed by atoms with E-state index in [1.165, 1.54) is 16.7 Å². The quantitative estimate of drug-likeness (QED) is 0.489. The average molecular weight is 497 g/mol. The van der Waals surface area contributed by atoms with Gasteiger partial charge in [0.1, 0.15) is 0 Å². The number of carbonyl (C=O) groups is 1. The molecule has 1 N–H and O–H groups in total. The van der Waals surface area contributed by atoms with Crippen LogP contribution in [0.3, 0.4) is 0 Å². The highest BCUT2D eigenvalue weighted by Crippen LogP contribution is 2.31. The number of fused-ring (bicyclic) bond motifs is 1. The van der Waals surface area contributed by atoms with Crippen LogP contribution in [0.15, 0.2) is 71.6 Å². The van der Waals surface area contributed by atoms with Crippen molar-refractivity contribution in [3.05, 3.63) is 99.6 Å². The topological polar surface area (TPSA) is 66.5 Å². The summed E-state index contributed by atoms with van der Waals surface area (Å²) in [6, 6.07) is 20.8. The number of rotatable bonds is 7. The number of hydrogen-bond acceptors (Lipinski definition) is 4. The van der Waals surface area contributed by atoms with E-state index < -0.39 is 9.84 Å². The summed E-state index contributed by atoms with van der Waals surface area (Å²) in [5.41, 5.74) is 5.19. The fourth-order valence-corrected chi connectivity index (χ4v) is 5.34. The minimum Gasteiger partial charge on any atom is -0.348 e. The summed E-state index contributed by atoms with van der Waals surface area (Å²) in [4.78, 5) is 15.5. The van der Waals surface area contributed by atoms with E-state index in [4.69, 9.17) is 11.6 Å². The van der Waals surface area contributed by atoms with Crippen LogP contribution in [0.25, 0.3) is 0 Å². The highest BCUT2D eigenvalue weighted by Gasteiger charge is 2.24. The molecule has 178 valence electrons. The molecule has 0 fully saturated rings. The van der Waals surface area contributed by atoms with Crippen molar-refractivity contribution >= 4 is 27.3 Å². The summed E-state index contributed by atoms with van der Waals surface area (Å²) in [7, 11) is -3.22. The van der Waals surface area contributed by atoms with Crippen molar-refractivity contribution < 1.29 is 13.2 Å². The van der Waals surface area contributed by atoms with Crippen LogP contribution in [-0.4, -0.2) is 31.5 Å². The molecule has 1 heterocycles. The van der Waals surface area contributed by atoms with Crippen molar-refractivity contribution in [1.82, 2.24) is 10.2 Å². The minimum atomic E-state index is -3.22. The normalized spacial score (nSPS) is 16.1. The van der Waals surface area contributed by atoms with Crippen molar-refractivity contribution in [2.75, 3.05) is 12.3 Å². The van der Waals surface area contributed by atoms with Crippen LogP contribution >= 0.6 is 11.6 Å². The van der Waals surface area contributed by atoms with Crippen LogP contribution in [0.4, 0.5) is 0 Å². The first-order valence-corrected chi connectivity index (χ1v) is 13.5. The average Bonchev–Trinajstić information content (AvgIpc) is 2.85. The Morgan fingerprint density at radius 2 is 1.71 bits per heavy atom. The van der Waals surface area contributed by atoms with Crippen molar-refractivity contribution in [3.8, 4) is 0 Å². The van der Waals surface area contributed by atoms with Crippen LogP contribution in [0.1, 0.15) is 52.5 Å². The van der Waals surface area contributed by atoms with Crippen LogP contribution in [0, 0.1) is 0 Å². The Bertz CT molecular complexity index is 1270. The molecule has 5 nitrogen and oxygen atoms in total. The smallest absolute Gasteiger partial charge is 0.251 e. The Morgan fingerprint density at radius 3 is 2.38 bits per heavy atom. The monoisotopic (exact) mass is 496 g/mol. The van der Waals surface area contributed by atoms with E-state index >= 15 is 0 Å². The first-order valence-electron chi connectivity index (χ1n) is 11.5. The van der Waals surface area contributed by atoms with Crippen LogP contribution in [-0.2, 0) is 29.3 Å². The van der Waals surface area contributed by atoms with Gasteiger partial charge in [0.15, 0.2) is 9.84 Å². The lowest BCUT2D eigenvalue weighted by Gasteiger charge is -2.35. The number of nitrogens with one attached hydrogen (secondary N) is 1. The fourth-order valence-electron chi connectivity index (χ4n) is 4.33. The Morgan fingerprint density at radius 1 is 1.03 bits per heavy atom. The summed E-state index contributed by atoms with van der Waals surface area (Å²) in [5.74, 6) is -0.0665. The number of hydrogen-bond donors (Lipinski definition) is 1. The van der Waals surface area contributed by atoms with Gasteiger partial charge in [-0.25, -0.2) is 8.42 Å². The first-order chi connectivity index (χ1) is 16.3. The van der Waals surface area contributed by atoms with Gasteiger partial charge < -0.3 is 5.32 Å². The zero-order chi connectivity index (χ0) is 24.3. The van der Waals surface area contributed by atoms with Gasteiger partial charge in [-0.15, -0.1) is 0 Å². The highest BCUT2D eigenvalue weighted by atomic mass is 35.5. The van der Waals surface area contributed by atoms with Gasteiger partial charge in [-0.1, -0.05) is 48.9 Å². The molecule has 3 aromatic carbocycles. The standard InChI is InChI=1S/C27H29ClN2O3S/c1-3-34(32,33)25-11-6-20(7-12-25)17-29-27(31)23-8-13-26-19(2)30(15-14-22(26)16-23)18-21-4-9-24(28)10-5-21/h4-13,16,19H,3,14-15,17-18H2,1-2H3,(H,29,31). The summed E-state index contributed by atoms with van der Waals surface area (Å²) >= 11 is 6.01. The molecule has 7 heteroatoms. The first kappa shape index (κ1) is 24.5. The third-order valence-electron chi connectivity index (χ3n) is 6.49. The maximum atomic E-state index is 12.8. The maximum Gasteiger partial charge on any atom is 0.251 e. The number of benzene rings is 3. The fraction of sp³-hybridized carbons (Fsp3) is 0.296. The van der Waals surface area contributed by atoms with E-state index in [2.05, 4.69) is 35.3 Å². The van der Waals surface area contributed by atoms with Crippen molar-refractivity contribution in [1.29, 1.82) is 0 Å². The third kappa shape index (κ3) is 5.52. The van der Waals surface area contributed by atoms with Crippen LogP contribution in [0.2, 0.25) is 5.02 Å². The molecule has 1 atom stereocenters. The predicted molar refractivity (Wildman–Crippen MR) is 136 cm³/mol. The van der Waals surface area contributed by atoms with E-state index in [9.17, 15) is 13.2 Å². The third-order valence-corrected chi connectivity index (χ3v) is 8.49. The molecule has 0 spiro atoms. The minimum absolute atomic E-state index is 0.0684. The molecule has 1 aliphatic rings. The van der Waals surface area contributed by atoms with Gasteiger partial charge in [-0.3, -0.25) is 9.69 Å². The summed E-state index contributed by atoms with van der Waals surface area (Å²) in [6.45, 7) is 5.96. The Labute approximate surface area is 206 Å². The van der Waals surface area contributed by atoms with Gasteiger partial charge in [-0.2, -0.15) is 0 Å². The van der Waals surface area contributed by atoms with Crippen molar-refractivity contribution in [2.45, 2.75) is 44.3 Å². The lowest BCUT2D eigenvalue weighted by atomic mass is 9.91. The molecule has 1 unspecified atom stereocenters. The van der Waals surface area contributed by atoms with E-state index in [1.54, 1.807) is 31.2 Å². The van der Waals surface area contributed by atoms with Crippen LogP contribution in [0.5, 0.6) is 0 Å². The highest BCUT2D eigenvalue weighted by molar-refractivity contribution is 7.91. The number of halogens is 1. The van der Waals surface area contributed by atoms with Gasteiger partial charge in [0, 0.05) is 36.3 Å². The molecule has 34 heavy (non-hydrogen) atoms. The Kier molecular flexibility index (Phi) is 7.41. The molecular formula is C27H29ClN2O3S. The van der Waals surface area contributed by atoms with Crippen molar-refractivity contribution in [3.63, 3.8) is 0 Å². The number of amides is 1. The van der Waals surface area contributed by atoms with Gasteiger partial charge >= 0.3 is 0 Å². The Hall–Kier alpha value is -2.67. The molecule has 0 aliphatic carbocycles. The lowest BCUT2D eigenvalue weighted by molar-refractivity contribution is 0.0950. The molecule has 0 bridgehead atoms. The molecule has 1 amide bonds. The lowest BCUT2D eigenvalue weighted by Crippen LogP contribution is -2.33. The molecule has 0 aromatic heterocycles. The summed E-state index contributed by atoms with van der Waals surface area (Å²) in [5, 5.41) is 3.69. The number of sulfone groups is 1. The van der Waals surface area contributed by atoms with Gasteiger partial charge in [-0.05, 0) is 72.0 Å². The number of nitrogens with zero attached hydrogens (tertiary/aromatic N) is 1. The molecule has 0 radical (unpaired) electrons. The maximum absolute atomic E-state index is 12.8. The Balaban J connectivity index is 1.39. The summed E-state index contributed by atoms with van der Waals surface area (Å²) in [6.07, 6.45) is 0.891. The SMILES string of the molecule is CCS(=O)(=O)c1ccc(CNC(=O)c2ccc3c(c2)CCN(Cc2ccc(Cl)cc2)C3C)cc1. The van der Waals surface area contributed by atoms with Gasteiger partial charge in [0.2, 0.25) is 0 Å². The van der Waals surface area contributed by atoms with Crippen LogP contribution < -0.4 is 5.32 Å². The van der Waals surface area contributed by atoms with Gasteiger partial charge in [0.25, 0.3) is 5.91 Å². The van der Waals surface area contributed by atoms with E-state index in [-0.39, 0.29) is 17.7 Å². The largest absolute Gasteiger partial charge is 0.348 e. The van der Waals surface area contributed by atoms with Gasteiger partial charge in [0.05, 0.1) is 10.6 Å². The molecule has 3 aromatic rings. The molecule has 1 aliphatic heterocycles. The molecular weight excluding hydrogens is 468 g/mol. The predicted octanol–water partition coefficient (Wildman–Crippen LogP) is 5.18. The number of carbonyl (C=O) groups excluding carboxylic acids is 1. The van der Waals surface area contributed by atoms with E-state index in [1.807, 2.05) is 24.3 Å². The zero-order valence-electron chi connectivity index (χ0n) is 19.4. The van der Waals surface area contributed by atoms with E-state index in [0.717, 1.165) is 30.1 Å². The molecule has 4 rings (SSSR count). The van der Waals surface area contributed by atoms with E-state index in [0.29, 0.717) is 17.0 Å². The second kappa shape index (κ2) is 10.3. The molecule has 0 saturated carbocycles. The van der Waals surface area contributed by atoms with Crippen molar-refractivity contribution in [2.24, 2.45) is 0 Å². The second-order valence-corrected chi connectivity index (χ2v) is 11.4. The second-order valence-electron chi connectivity index (χ2n) is 8.67.